The van der Waals surface area contributed by atoms with Crippen molar-refractivity contribution in [3.05, 3.63) is 84.2 Å². The first kappa shape index (κ1) is 20.9. The highest BCUT2D eigenvalue weighted by atomic mass is 19.1. The summed E-state index contributed by atoms with van der Waals surface area (Å²) in [5, 5.41) is 5.51. The number of rotatable bonds is 7. The van der Waals surface area contributed by atoms with Gasteiger partial charge in [0.1, 0.15) is 17.3 Å². The zero-order chi connectivity index (χ0) is 21.5. The van der Waals surface area contributed by atoms with E-state index in [0.29, 0.717) is 28.4 Å². The number of methoxy groups -OCH3 is 1. The number of hydrogen-bond donors (Lipinski definition) is 2. The van der Waals surface area contributed by atoms with Crippen LogP contribution in [0.1, 0.15) is 17.3 Å². The molecular weight excluding hydrogens is 387 g/mol. The van der Waals surface area contributed by atoms with Crippen molar-refractivity contribution in [3.63, 3.8) is 0 Å². The third-order valence-electron chi connectivity index (χ3n) is 4.26. The minimum Gasteiger partial charge on any atom is -0.497 e. The lowest BCUT2D eigenvalue weighted by atomic mass is 10.2. The molecule has 0 radical (unpaired) electrons. The van der Waals surface area contributed by atoms with Gasteiger partial charge in [0.15, 0.2) is 6.10 Å². The predicted octanol–water partition coefficient (Wildman–Crippen LogP) is 4.49. The van der Waals surface area contributed by atoms with Gasteiger partial charge in [0.2, 0.25) is 0 Å². The Labute approximate surface area is 173 Å². The van der Waals surface area contributed by atoms with Crippen LogP contribution in [0.4, 0.5) is 15.8 Å². The summed E-state index contributed by atoms with van der Waals surface area (Å²) in [6.45, 7) is 1.59. The van der Waals surface area contributed by atoms with Crippen molar-refractivity contribution in [2.24, 2.45) is 0 Å². The van der Waals surface area contributed by atoms with Crippen molar-refractivity contribution < 1.29 is 23.5 Å². The average molecular weight is 408 g/mol. The lowest BCUT2D eigenvalue weighted by molar-refractivity contribution is -0.122. The van der Waals surface area contributed by atoms with Gasteiger partial charge in [-0.05, 0) is 79.7 Å². The lowest BCUT2D eigenvalue weighted by Crippen LogP contribution is -2.30. The second-order valence-corrected chi connectivity index (χ2v) is 6.46. The summed E-state index contributed by atoms with van der Waals surface area (Å²) < 4.78 is 23.5. The van der Waals surface area contributed by atoms with Gasteiger partial charge < -0.3 is 20.1 Å². The summed E-state index contributed by atoms with van der Waals surface area (Å²) in [5.41, 5.74) is 1.61. The van der Waals surface area contributed by atoms with E-state index in [1.807, 2.05) is 0 Å². The summed E-state index contributed by atoms with van der Waals surface area (Å²) in [6, 6.07) is 18.9. The van der Waals surface area contributed by atoms with Gasteiger partial charge in [0, 0.05) is 16.9 Å². The molecule has 0 aliphatic carbocycles. The maximum absolute atomic E-state index is 12.9. The highest BCUT2D eigenvalue weighted by Crippen LogP contribution is 2.18. The van der Waals surface area contributed by atoms with Crippen molar-refractivity contribution in [2.45, 2.75) is 13.0 Å². The van der Waals surface area contributed by atoms with Gasteiger partial charge in [-0.1, -0.05) is 0 Å². The van der Waals surface area contributed by atoms with Gasteiger partial charge >= 0.3 is 0 Å². The van der Waals surface area contributed by atoms with E-state index in [0.717, 1.165) is 0 Å². The SMILES string of the molecule is COc1ccc(NC(=O)c2ccc(NC(=O)[C@@H](C)Oc3ccc(F)cc3)cc2)cc1. The Balaban J connectivity index is 1.55. The zero-order valence-corrected chi connectivity index (χ0v) is 16.5. The first-order valence-corrected chi connectivity index (χ1v) is 9.23. The van der Waals surface area contributed by atoms with Crippen molar-refractivity contribution in [2.75, 3.05) is 17.7 Å². The number of hydrogen-bond acceptors (Lipinski definition) is 4. The van der Waals surface area contributed by atoms with Gasteiger partial charge in [0.25, 0.3) is 11.8 Å². The van der Waals surface area contributed by atoms with Gasteiger partial charge in [-0.15, -0.1) is 0 Å². The number of ether oxygens (including phenoxy) is 2. The normalized spacial score (nSPS) is 11.3. The fourth-order valence-corrected chi connectivity index (χ4v) is 2.60. The maximum atomic E-state index is 12.9. The van der Waals surface area contributed by atoms with Crippen molar-refractivity contribution in [1.82, 2.24) is 0 Å². The summed E-state index contributed by atoms with van der Waals surface area (Å²) >= 11 is 0. The van der Waals surface area contributed by atoms with Crippen molar-refractivity contribution in [3.8, 4) is 11.5 Å². The first-order chi connectivity index (χ1) is 14.4. The monoisotopic (exact) mass is 408 g/mol. The van der Waals surface area contributed by atoms with Crippen LogP contribution in [0.2, 0.25) is 0 Å². The van der Waals surface area contributed by atoms with E-state index in [4.69, 9.17) is 9.47 Å². The molecule has 0 spiro atoms. The van der Waals surface area contributed by atoms with E-state index in [1.165, 1.54) is 24.3 Å². The van der Waals surface area contributed by atoms with E-state index in [2.05, 4.69) is 10.6 Å². The molecule has 0 saturated carbocycles. The van der Waals surface area contributed by atoms with Crippen LogP contribution in [0.25, 0.3) is 0 Å². The quantitative estimate of drug-likeness (QED) is 0.604. The summed E-state index contributed by atoms with van der Waals surface area (Å²) in [7, 11) is 1.57. The van der Waals surface area contributed by atoms with Crippen LogP contribution in [0.15, 0.2) is 72.8 Å². The van der Waals surface area contributed by atoms with Gasteiger partial charge in [-0.2, -0.15) is 0 Å². The first-order valence-electron chi connectivity index (χ1n) is 9.23. The highest BCUT2D eigenvalue weighted by molar-refractivity contribution is 6.04. The zero-order valence-electron chi connectivity index (χ0n) is 16.5. The van der Waals surface area contributed by atoms with E-state index in [-0.39, 0.29) is 17.6 Å². The molecule has 1 atom stereocenters. The molecule has 0 aliphatic heterocycles. The molecule has 154 valence electrons. The molecule has 6 nitrogen and oxygen atoms in total. The molecule has 0 bridgehead atoms. The Hall–Kier alpha value is -3.87. The fraction of sp³-hybridized carbons (Fsp3) is 0.130. The molecule has 2 amide bonds. The average Bonchev–Trinajstić information content (AvgIpc) is 2.76. The van der Waals surface area contributed by atoms with Crippen LogP contribution in [0.3, 0.4) is 0 Å². The Bertz CT molecular complexity index is 1000. The second kappa shape index (κ2) is 9.56. The number of amides is 2. The molecule has 0 aliphatic rings. The standard InChI is InChI=1S/C23H21FN2O4/c1-15(30-21-11-5-17(24)6-12-21)22(27)25-18-7-3-16(4-8-18)23(28)26-19-9-13-20(29-2)14-10-19/h3-15H,1-2H3,(H,25,27)(H,26,28)/t15-/m1/s1. The third-order valence-corrected chi connectivity index (χ3v) is 4.26. The number of halogens is 1. The largest absolute Gasteiger partial charge is 0.497 e. The number of benzene rings is 3. The maximum Gasteiger partial charge on any atom is 0.265 e. The Morgan fingerprint density at radius 1 is 0.800 bits per heavy atom. The Morgan fingerprint density at radius 3 is 1.93 bits per heavy atom. The summed E-state index contributed by atoms with van der Waals surface area (Å²) in [6.07, 6.45) is -0.784. The molecule has 0 heterocycles. The number of anilines is 2. The van der Waals surface area contributed by atoms with E-state index >= 15 is 0 Å². The predicted molar refractivity (Wildman–Crippen MR) is 113 cm³/mol. The topological polar surface area (TPSA) is 76.7 Å². The lowest BCUT2D eigenvalue weighted by Gasteiger charge is -2.15. The van der Waals surface area contributed by atoms with Crippen LogP contribution >= 0.6 is 0 Å². The van der Waals surface area contributed by atoms with Crippen LogP contribution in [0.5, 0.6) is 11.5 Å². The van der Waals surface area contributed by atoms with Gasteiger partial charge in [-0.3, -0.25) is 9.59 Å². The summed E-state index contributed by atoms with van der Waals surface area (Å²) in [5.74, 6) is 0.0757. The fourth-order valence-electron chi connectivity index (χ4n) is 2.60. The smallest absolute Gasteiger partial charge is 0.265 e. The summed E-state index contributed by atoms with van der Waals surface area (Å²) in [4.78, 5) is 24.7. The van der Waals surface area contributed by atoms with Crippen molar-refractivity contribution >= 4 is 23.2 Å². The molecule has 7 heteroatoms. The molecule has 0 unspecified atom stereocenters. The molecule has 0 saturated heterocycles. The minimum atomic E-state index is -0.784. The van der Waals surface area contributed by atoms with Gasteiger partial charge in [0.05, 0.1) is 7.11 Å². The third kappa shape index (κ3) is 5.57. The van der Waals surface area contributed by atoms with E-state index in [9.17, 15) is 14.0 Å². The highest BCUT2D eigenvalue weighted by Gasteiger charge is 2.15. The van der Waals surface area contributed by atoms with Crippen LogP contribution in [-0.2, 0) is 4.79 Å². The van der Waals surface area contributed by atoms with Gasteiger partial charge in [-0.25, -0.2) is 4.39 Å². The Kier molecular flexibility index (Phi) is 6.64. The number of carbonyl (C=O) groups excluding carboxylic acids is 2. The van der Waals surface area contributed by atoms with E-state index < -0.39 is 6.10 Å². The molecule has 0 fully saturated rings. The number of nitrogens with one attached hydrogen (secondary N) is 2. The number of carbonyl (C=O) groups is 2. The molecule has 0 aromatic heterocycles. The van der Waals surface area contributed by atoms with Crippen molar-refractivity contribution in [1.29, 1.82) is 0 Å². The van der Waals surface area contributed by atoms with E-state index in [1.54, 1.807) is 62.6 Å². The van der Waals surface area contributed by atoms with Crippen LogP contribution < -0.4 is 20.1 Å². The molecular formula is C23H21FN2O4. The Morgan fingerprint density at radius 2 is 1.33 bits per heavy atom. The second-order valence-electron chi connectivity index (χ2n) is 6.46. The molecule has 3 aromatic carbocycles. The molecule has 30 heavy (non-hydrogen) atoms. The van der Waals surface area contributed by atoms with Crippen LogP contribution in [0, 0.1) is 5.82 Å². The minimum absolute atomic E-state index is 0.272. The molecule has 3 rings (SSSR count). The molecule has 3 aromatic rings. The van der Waals surface area contributed by atoms with Crippen LogP contribution in [-0.4, -0.2) is 25.0 Å². The molecule has 2 N–H and O–H groups in total.